The maximum atomic E-state index is 12.8. The summed E-state index contributed by atoms with van der Waals surface area (Å²) in [5.41, 5.74) is 1.15. The van der Waals surface area contributed by atoms with Gasteiger partial charge in [-0.05, 0) is 43.3 Å². The number of hydrogen-bond acceptors (Lipinski definition) is 4. The third-order valence-electron chi connectivity index (χ3n) is 3.09. The second kappa shape index (κ2) is 9.22. The number of rotatable bonds is 7. The van der Waals surface area contributed by atoms with E-state index in [9.17, 15) is 14.0 Å². The number of carbonyl (C=O) groups is 2. The van der Waals surface area contributed by atoms with Crippen LogP contribution in [0.1, 0.15) is 12.5 Å². The molecule has 0 fully saturated rings. The fourth-order valence-electron chi connectivity index (χ4n) is 1.98. The topological polar surface area (TPSA) is 64.6 Å². The zero-order chi connectivity index (χ0) is 18.1. The Morgan fingerprint density at radius 2 is 1.84 bits per heavy atom. The van der Waals surface area contributed by atoms with Crippen LogP contribution in [0.4, 0.5) is 10.1 Å². The van der Waals surface area contributed by atoms with Gasteiger partial charge in [0, 0.05) is 17.3 Å². The van der Waals surface area contributed by atoms with Gasteiger partial charge in [0.1, 0.15) is 11.6 Å². The number of para-hydroxylation sites is 1. The van der Waals surface area contributed by atoms with Gasteiger partial charge < -0.3 is 14.8 Å². The molecule has 0 bridgehead atoms. The predicted octanol–water partition coefficient (Wildman–Crippen LogP) is 3.42. The molecule has 0 saturated carbocycles. The SMILES string of the molecule is CCOc1ccccc1/C=C/C(=O)OCC(=O)Nc1ccc(F)cc1. The van der Waals surface area contributed by atoms with Crippen molar-refractivity contribution in [3.05, 3.63) is 66.0 Å². The fourth-order valence-corrected chi connectivity index (χ4v) is 1.98. The summed E-state index contributed by atoms with van der Waals surface area (Å²) in [6, 6.07) is 12.5. The number of carbonyl (C=O) groups excluding carboxylic acids is 2. The van der Waals surface area contributed by atoms with Crippen LogP contribution in [-0.4, -0.2) is 25.1 Å². The zero-order valence-electron chi connectivity index (χ0n) is 13.7. The summed E-state index contributed by atoms with van der Waals surface area (Å²) in [6.07, 6.45) is 2.79. The van der Waals surface area contributed by atoms with Crippen molar-refractivity contribution < 1.29 is 23.5 Å². The van der Waals surface area contributed by atoms with E-state index in [0.29, 0.717) is 18.0 Å². The molecule has 2 rings (SSSR count). The van der Waals surface area contributed by atoms with Crippen molar-refractivity contribution in [1.82, 2.24) is 0 Å². The maximum absolute atomic E-state index is 12.8. The highest BCUT2D eigenvalue weighted by molar-refractivity contribution is 5.94. The Labute approximate surface area is 145 Å². The number of amides is 1. The summed E-state index contributed by atoms with van der Waals surface area (Å²) in [6.45, 7) is 1.95. The monoisotopic (exact) mass is 343 g/mol. The van der Waals surface area contributed by atoms with Crippen molar-refractivity contribution in [3.8, 4) is 5.75 Å². The van der Waals surface area contributed by atoms with Crippen molar-refractivity contribution in [2.45, 2.75) is 6.92 Å². The number of ether oxygens (including phenoxy) is 2. The molecule has 2 aromatic carbocycles. The minimum absolute atomic E-state index is 0.401. The Balaban J connectivity index is 1.84. The number of benzene rings is 2. The smallest absolute Gasteiger partial charge is 0.331 e. The molecule has 0 atom stereocenters. The lowest BCUT2D eigenvalue weighted by molar-refractivity contribution is -0.142. The van der Waals surface area contributed by atoms with Crippen LogP contribution in [0.15, 0.2) is 54.6 Å². The van der Waals surface area contributed by atoms with E-state index < -0.39 is 24.3 Å². The molecule has 25 heavy (non-hydrogen) atoms. The van der Waals surface area contributed by atoms with E-state index in [1.54, 1.807) is 18.2 Å². The van der Waals surface area contributed by atoms with Crippen LogP contribution in [0, 0.1) is 5.82 Å². The summed E-state index contributed by atoms with van der Waals surface area (Å²) >= 11 is 0. The molecular formula is C19H18FNO4. The normalized spacial score (nSPS) is 10.5. The first-order chi connectivity index (χ1) is 12.1. The second-order valence-electron chi connectivity index (χ2n) is 4.97. The molecule has 0 aromatic heterocycles. The van der Waals surface area contributed by atoms with E-state index in [-0.39, 0.29) is 0 Å². The molecule has 0 aliphatic rings. The Morgan fingerprint density at radius 3 is 2.56 bits per heavy atom. The first-order valence-corrected chi connectivity index (χ1v) is 7.70. The minimum atomic E-state index is -0.652. The van der Waals surface area contributed by atoms with Gasteiger partial charge in [-0.15, -0.1) is 0 Å². The Hall–Kier alpha value is -3.15. The van der Waals surface area contributed by atoms with E-state index in [4.69, 9.17) is 9.47 Å². The van der Waals surface area contributed by atoms with Gasteiger partial charge in [-0.25, -0.2) is 9.18 Å². The molecule has 0 unspecified atom stereocenters. The third-order valence-corrected chi connectivity index (χ3v) is 3.09. The number of hydrogen-bond donors (Lipinski definition) is 1. The maximum Gasteiger partial charge on any atom is 0.331 e. The second-order valence-corrected chi connectivity index (χ2v) is 4.97. The van der Waals surface area contributed by atoms with Crippen molar-refractivity contribution in [1.29, 1.82) is 0 Å². The van der Waals surface area contributed by atoms with Crippen molar-refractivity contribution in [2.24, 2.45) is 0 Å². The lowest BCUT2D eigenvalue weighted by Crippen LogP contribution is -2.20. The lowest BCUT2D eigenvalue weighted by atomic mass is 10.2. The van der Waals surface area contributed by atoms with Crippen LogP contribution in [0.25, 0.3) is 6.08 Å². The molecule has 130 valence electrons. The molecule has 6 heteroatoms. The van der Waals surface area contributed by atoms with Gasteiger partial charge in [0.05, 0.1) is 6.61 Å². The standard InChI is InChI=1S/C19H18FNO4/c1-2-24-17-6-4-3-5-14(17)7-12-19(23)25-13-18(22)21-16-10-8-15(20)9-11-16/h3-12H,2,13H2,1H3,(H,21,22)/b12-7+. The highest BCUT2D eigenvalue weighted by atomic mass is 19.1. The summed E-state index contributed by atoms with van der Waals surface area (Å²) in [7, 11) is 0. The van der Waals surface area contributed by atoms with Crippen LogP contribution in [0.3, 0.4) is 0 Å². The minimum Gasteiger partial charge on any atom is -0.493 e. The van der Waals surface area contributed by atoms with E-state index >= 15 is 0 Å². The van der Waals surface area contributed by atoms with Crippen LogP contribution in [0.5, 0.6) is 5.75 Å². The lowest BCUT2D eigenvalue weighted by Gasteiger charge is -2.06. The highest BCUT2D eigenvalue weighted by Gasteiger charge is 2.06. The number of halogens is 1. The first kappa shape index (κ1) is 18.2. The van der Waals surface area contributed by atoms with E-state index in [1.165, 1.54) is 30.3 Å². The van der Waals surface area contributed by atoms with Crippen molar-refractivity contribution in [3.63, 3.8) is 0 Å². The van der Waals surface area contributed by atoms with Gasteiger partial charge in [0.25, 0.3) is 5.91 Å². The van der Waals surface area contributed by atoms with Gasteiger partial charge in [0.15, 0.2) is 6.61 Å². The molecule has 0 spiro atoms. The van der Waals surface area contributed by atoms with Gasteiger partial charge >= 0.3 is 5.97 Å². The molecular weight excluding hydrogens is 325 g/mol. The molecule has 0 aliphatic heterocycles. The van der Waals surface area contributed by atoms with E-state index in [2.05, 4.69) is 5.32 Å². The Kier molecular flexibility index (Phi) is 6.71. The van der Waals surface area contributed by atoms with E-state index in [0.717, 1.165) is 5.56 Å². The number of nitrogens with one attached hydrogen (secondary N) is 1. The van der Waals surface area contributed by atoms with E-state index in [1.807, 2.05) is 19.1 Å². The van der Waals surface area contributed by atoms with Crippen LogP contribution in [0.2, 0.25) is 0 Å². The Morgan fingerprint density at radius 1 is 1.12 bits per heavy atom. The third kappa shape index (κ3) is 6.10. The van der Waals surface area contributed by atoms with Gasteiger partial charge in [-0.2, -0.15) is 0 Å². The van der Waals surface area contributed by atoms with Gasteiger partial charge in [-0.1, -0.05) is 18.2 Å². The van der Waals surface area contributed by atoms with Crippen LogP contribution >= 0.6 is 0 Å². The quantitative estimate of drug-likeness (QED) is 0.618. The molecule has 5 nitrogen and oxygen atoms in total. The fraction of sp³-hybridized carbons (Fsp3) is 0.158. The number of anilines is 1. The molecule has 1 N–H and O–H groups in total. The predicted molar refractivity (Wildman–Crippen MR) is 92.6 cm³/mol. The molecule has 0 aliphatic carbocycles. The summed E-state index contributed by atoms with van der Waals surface area (Å²) in [4.78, 5) is 23.4. The molecule has 0 heterocycles. The van der Waals surface area contributed by atoms with Crippen molar-refractivity contribution >= 4 is 23.6 Å². The molecule has 2 aromatic rings. The molecule has 0 radical (unpaired) electrons. The molecule has 1 amide bonds. The summed E-state index contributed by atoms with van der Waals surface area (Å²) < 4.78 is 23.1. The average molecular weight is 343 g/mol. The van der Waals surface area contributed by atoms with Gasteiger partial charge in [0.2, 0.25) is 0 Å². The van der Waals surface area contributed by atoms with Crippen LogP contribution in [-0.2, 0) is 14.3 Å². The Bertz CT molecular complexity index is 756. The molecule has 0 saturated heterocycles. The van der Waals surface area contributed by atoms with Crippen molar-refractivity contribution in [2.75, 3.05) is 18.5 Å². The highest BCUT2D eigenvalue weighted by Crippen LogP contribution is 2.19. The average Bonchev–Trinajstić information content (AvgIpc) is 2.61. The summed E-state index contributed by atoms with van der Waals surface area (Å²) in [5, 5.41) is 2.50. The first-order valence-electron chi connectivity index (χ1n) is 7.70. The largest absolute Gasteiger partial charge is 0.493 e. The number of esters is 1. The van der Waals surface area contributed by atoms with Crippen LogP contribution < -0.4 is 10.1 Å². The zero-order valence-corrected chi connectivity index (χ0v) is 13.7. The summed E-state index contributed by atoms with van der Waals surface area (Å²) in [5.74, 6) is -0.909. The van der Waals surface area contributed by atoms with Gasteiger partial charge in [-0.3, -0.25) is 4.79 Å².